The second kappa shape index (κ2) is 4.96. The molecule has 2 rings (SSSR count). The largest absolute Gasteiger partial charge is 0.493 e. The van der Waals surface area contributed by atoms with E-state index in [4.69, 9.17) is 9.47 Å². The van der Waals surface area contributed by atoms with E-state index in [0.29, 0.717) is 0 Å². The lowest BCUT2D eigenvalue weighted by Gasteiger charge is -2.40. The number of benzene rings is 1. The molecule has 1 aliphatic rings. The fourth-order valence-electron chi connectivity index (χ4n) is 2.49. The van der Waals surface area contributed by atoms with Gasteiger partial charge in [0.2, 0.25) is 0 Å². The summed E-state index contributed by atoms with van der Waals surface area (Å²) in [6.45, 7) is 0.279. The lowest BCUT2D eigenvalue weighted by molar-refractivity contribution is 0.0450. The van der Waals surface area contributed by atoms with Crippen molar-refractivity contribution in [2.75, 3.05) is 20.8 Å². The van der Waals surface area contributed by atoms with E-state index in [9.17, 15) is 5.11 Å². The van der Waals surface area contributed by atoms with Crippen molar-refractivity contribution >= 4 is 0 Å². The highest BCUT2D eigenvalue weighted by Gasteiger charge is 2.36. The first-order valence-corrected chi connectivity index (χ1v) is 6.05. The van der Waals surface area contributed by atoms with Crippen LogP contribution in [0.15, 0.2) is 18.2 Å². The van der Waals surface area contributed by atoms with Gasteiger partial charge in [0.05, 0.1) is 14.2 Å². The molecule has 0 bridgehead atoms. The Labute approximate surface area is 102 Å². The van der Waals surface area contributed by atoms with Crippen LogP contribution < -0.4 is 9.47 Å². The summed E-state index contributed by atoms with van der Waals surface area (Å²) in [6, 6.07) is 5.99. The van der Waals surface area contributed by atoms with Gasteiger partial charge in [-0.1, -0.05) is 12.5 Å². The first-order chi connectivity index (χ1) is 8.23. The van der Waals surface area contributed by atoms with Gasteiger partial charge >= 0.3 is 0 Å². The molecular formula is C14H20O3. The molecule has 17 heavy (non-hydrogen) atoms. The Bertz CT molecular complexity index is 378. The fourth-order valence-corrected chi connectivity index (χ4v) is 2.49. The van der Waals surface area contributed by atoms with Crippen molar-refractivity contribution in [2.24, 2.45) is 5.41 Å². The molecule has 1 saturated carbocycles. The third kappa shape index (κ3) is 2.39. The van der Waals surface area contributed by atoms with Crippen molar-refractivity contribution in [1.29, 1.82) is 0 Å². The average Bonchev–Trinajstić information content (AvgIpc) is 2.33. The molecule has 0 unspecified atom stereocenters. The van der Waals surface area contributed by atoms with Crippen LogP contribution in [0.4, 0.5) is 0 Å². The van der Waals surface area contributed by atoms with E-state index in [0.717, 1.165) is 30.8 Å². The minimum Gasteiger partial charge on any atom is -0.493 e. The Kier molecular flexibility index (Phi) is 3.57. The molecule has 94 valence electrons. The molecular weight excluding hydrogens is 216 g/mol. The first kappa shape index (κ1) is 12.2. The van der Waals surface area contributed by atoms with Crippen LogP contribution >= 0.6 is 0 Å². The Hall–Kier alpha value is -1.22. The second-order valence-electron chi connectivity index (χ2n) is 4.88. The smallest absolute Gasteiger partial charge is 0.160 e. The molecule has 0 saturated heterocycles. The summed E-state index contributed by atoms with van der Waals surface area (Å²) >= 11 is 0. The normalized spacial score (nSPS) is 17.4. The maximum Gasteiger partial charge on any atom is 0.160 e. The van der Waals surface area contributed by atoms with E-state index in [1.165, 1.54) is 12.0 Å². The molecule has 0 aromatic heterocycles. The molecule has 0 spiro atoms. The summed E-state index contributed by atoms with van der Waals surface area (Å²) in [6.07, 6.45) is 4.40. The highest BCUT2D eigenvalue weighted by atomic mass is 16.5. The van der Waals surface area contributed by atoms with Gasteiger partial charge in [0.15, 0.2) is 11.5 Å². The van der Waals surface area contributed by atoms with Crippen molar-refractivity contribution in [1.82, 2.24) is 0 Å². The van der Waals surface area contributed by atoms with Crippen molar-refractivity contribution in [3.05, 3.63) is 23.8 Å². The van der Waals surface area contributed by atoms with E-state index in [1.807, 2.05) is 12.1 Å². The van der Waals surface area contributed by atoms with Gasteiger partial charge in [0, 0.05) is 6.61 Å². The van der Waals surface area contributed by atoms with Gasteiger partial charge < -0.3 is 14.6 Å². The van der Waals surface area contributed by atoms with Gasteiger partial charge in [-0.2, -0.15) is 0 Å². The minimum absolute atomic E-state index is 0.111. The zero-order valence-corrected chi connectivity index (χ0v) is 10.5. The monoisotopic (exact) mass is 236 g/mol. The quantitative estimate of drug-likeness (QED) is 0.853. The highest BCUT2D eigenvalue weighted by Crippen LogP contribution is 2.44. The molecule has 0 heterocycles. The zero-order valence-electron chi connectivity index (χ0n) is 10.5. The lowest BCUT2D eigenvalue weighted by Crippen LogP contribution is -2.35. The maximum absolute atomic E-state index is 9.47. The fraction of sp³-hybridized carbons (Fsp3) is 0.571. The third-order valence-electron chi connectivity index (χ3n) is 3.78. The second-order valence-corrected chi connectivity index (χ2v) is 4.88. The summed E-state index contributed by atoms with van der Waals surface area (Å²) in [7, 11) is 3.28. The van der Waals surface area contributed by atoms with Gasteiger partial charge in [0.1, 0.15) is 0 Å². The Morgan fingerprint density at radius 3 is 2.35 bits per heavy atom. The number of hydrogen-bond donors (Lipinski definition) is 1. The number of rotatable bonds is 5. The van der Waals surface area contributed by atoms with E-state index >= 15 is 0 Å². The predicted octanol–water partition coefficient (Wildman–Crippen LogP) is 2.41. The summed E-state index contributed by atoms with van der Waals surface area (Å²) < 4.78 is 10.5. The van der Waals surface area contributed by atoms with Crippen LogP contribution in [0.2, 0.25) is 0 Å². The Morgan fingerprint density at radius 2 is 1.88 bits per heavy atom. The summed E-state index contributed by atoms with van der Waals surface area (Å²) in [5.74, 6) is 1.51. The number of ether oxygens (including phenoxy) is 2. The van der Waals surface area contributed by atoms with Gasteiger partial charge in [-0.05, 0) is 42.4 Å². The van der Waals surface area contributed by atoms with Gasteiger partial charge in [-0.15, -0.1) is 0 Å². The Morgan fingerprint density at radius 1 is 1.18 bits per heavy atom. The highest BCUT2D eigenvalue weighted by molar-refractivity contribution is 5.43. The van der Waals surface area contributed by atoms with Crippen LogP contribution in [-0.2, 0) is 6.42 Å². The van der Waals surface area contributed by atoms with E-state index in [1.54, 1.807) is 14.2 Å². The van der Waals surface area contributed by atoms with Crippen LogP contribution in [0.3, 0.4) is 0 Å². The number of hydrogen-bond acceptors (Lipinski definition) is 3. The van der Waals surface area contributed by atoms with E-state index in [-0.39, 0.29) is 12.0 Å². The molecule has 1 aliphatic carbocycles. The summed E-state index contributed by atoms with van der Waals surface area (Å²) in [5.41, 5.74) is 1.32. The SMILES string of the molecule is COc1ccc(CC2(CO)CCC2)cc1OC. The number of aliphatic hydroxyl groups is 1. The molecule has 0 radical (unpaired) electrons. The van der Waals surface area contributed by atoms with Gasteiger partial charge in [-0.3, -0.25) is 0 Å². The minimum atomic E-state index is 0.111. The Balaban J connectivity index is 2.16. The first-order valence-electron chi connectivity index (χ1n) is 6.05. The summed E-state index contributed by atoms with van der Waals surface area (Å²) in [4.78, 5) is 0. The molecule has 1 N–H and O–H groups in total. The van der Waals surface area contributed by atoms with Crippen LogP contribution in [0.25, 0.3) is 0 Å². The topological polar surface area (TPSA) is 38.7 Å². The molecule has 1 aromatic rings. The number of aliphatic hydroxyl groups excluding tert-OH is 1. The van der Waals surface area contributed by atoms with E-state index < -0.39 is 0 Å². The van der Waals surface area contributed by atoms with Gasteiger partial charge in [-0.25, -0.2) is 0 Å². The van der Waals surface area contributed by atoms with Crippen molar-refractivity contribution < 1.29 is 14.6 Å². The maximum atomic E-state index is 9.47. The van der Waals surface area contributed by atoms with E-state index in [2.05, 4.69) is 6.07 Å². The molecule has 0 amide bonds. The summed E-state index contributed by atoms with van der Waals surface area (Å²) in [5, 5.41) is 9.47. The third-order valence-corrected chi connectivity index (χ3v) is 3.78. The van der Waals surface area contributed by atoms with Crippen molar-refractivity contribution in [3.8, 4) is 11.5 Å². The van der Waals surface area contributed by atoms with Crippen LogP contribution in [0.1, 0.15) is 24.8 Å². The van der Waals surface area contributed by atoms with Gasteiger partial charge in [0.25, 0.3) is 0 Å². The predicted molar refractivity (Wildman–Crippen MR) is 66.6 cm³/mol. The molecule has 1 fully saturated rings. The molecule has 0 aliphatic heterocycles. The standard InChI is InChI=1S/C14H20O3/c1-16-12-5-4-11(8-13(12)17-2)9-14(10-15)6-3-7-14/h4-5,8,15H,3,6-7,9-10H2,1-2H3. The zero-order chi connectivity index (χ0) is 12.3. The van der Waals surface area contributed by atoms with Crippen molar-refractivity contribution in [3.63, 3.8) is 0 Å². The lowest BCUT2D eigenvalue weighted by atomic mass is 9.66. The molecule has 3 nitrogen and oxygen atoms in total. The number of methoxy groups -OCH3 is 2. The average molecular weight is 236 g/mol. The van der Waals surface area contributed by atoms with Crippen LogP contribution in [0.5, 0.6) is 11.5 Å². The van der Waals surface area contributed by atoms with Crippen molar-refractivity contribution in [2.45, 2.75) is 25.7 Å². The van der Waals surface area contributed by atoms with Crippen LogP contribution in [-0.4, -0.2) is 25.9 Å². The molecule has 1 aromatic carbocycles. The molecule has 0 atom stereocenters. The van der Waals surface area contributed by atoms with Crippen LogP contribution in [0, 0.1) is 5.41 Å². The molecule has 3 heteroatoms.